The zero-order valence-corrected chi connectivity index (χ0v) is 12.6. The van der Waals surface area contributed by atoms with Crippen molar-refractivity contribution in [2.24, 2.45) is 0 Å². The lowest BCUT2D eigenvalue weighted by molar-refractivity contribution is 0.0972. The van der Waals surface area contributed by atoms with E-state index in [1.54, 1.807) is 0 Å². The van der Waals surface area contributed by atoms with Crippen molar-refractivity contribution in [3.63, 3.8) is 0 Å². The summed E-state index contributed by atoms with van der Waals surface area (Å²) < 4.78 is 0. The lowest BCUT2D eigenvalue weighted by Crippen LogP contribution is -2.34. The largest absolute Gasteiger partial charge is 0.294 e. The molecule has 0 aromatic heterocycles. The van der Waals surface area contributed by atoms with Crippen LogP contribution in [0.1, 0.15) is 80.4 Å². The maximum Gasteiger partial charge on any atom is 0.163 e. The fourth-order valence-corrected chi connectivity index (χ4v) is 3.70. The normalized spacial score (nSPS) is 23.7. The Bertz CT molecular complexity index is 549. The molecule has 0 N–H and O–H groups in total. The molecule has 2 aliphatic rings. The SMILES string of the molecule is CC1(C)CCC(C)(C)c2cc3c(cc21)CCCC3=O. The first kappa shape index (κ1) is 12.9. The highest BCUT2D eigenvalue weighted by Gasteiger charge is 2.38. The number of benzene rings is 1. The van der Waals surface area contributed by atoms with E-state index in [9.17, 15) is 4.79 Å². The number of aryl methyl sites for hydroxylation is 1. The van der Waals surface area contributed by atoms with Crippen molar-refractivity contribution >= 4 is 5.78 Å². The second kappa shape index (κ2) is 3.94. The van der Waals surface area contributed by atoms with Gasteiger partial charge in [0.2, 0.25) is 0 Å². The Morgan fingerprint density at radius 1 is 0.895 bits per heavy atom. The first-order valence-electron chi connectivity index (χ1n) is 7.52. The molecule has 102 valence electrons. The molecule has 0 atom stereocenters. The van der Waals surface area contributed by atoms with Gasteiger partial charge in [-0.05, 0) is 59.3 Å². The number of carbonyl (C=O) groups is 1. The van der Waals surface area contributed by atoms with Crippen molar-refractivity contribution in [1.82, 2.24) is 0 Å². The fraction of sp³-hybridized carbons (Fsp3) is 0.611. The first-order chi connectivity index (χ1) is 8.81. The second-order valence-corrected chi connectivity index (χ2v) is 7.60. The van der Waals surface area contributed by atoms with Crippen molar-refractivity contribution in [2.75, 3.05) is 0 Å². The summed E-state index contributed by atoms with van der Waals surface area (Å²) in [4.78, 5) is 12.1. The predicted molar refractivity (Wildman–Crippen MR) is 79.0 cm³/mol. The van der Waals surface area contributed by atoms with Gasteiger partial charge in [0.25, 0.3) is 0 Å². The molecule has 0 radical (unpaired) electrons. The predicted octanol–water partition coefficient (Wildman–Crippen LogP) is 4.55. The van der Waals surface area contributed by atoms with Crippen molar-refractivity contribution in [2.45, 2.75) is 70.6 Å². The van der Waals surface area contributed by atoms with E-state index >= 15 is 0 Å². The Kier molecular flexibility index (Phi) is 2.68. The Balaban J connectivity index is 2.25. The van der Waals surface area contributed by atoms with E-state index in [4.69, 9.17) is 0 Å². The molecule has 0 saturated carbocycles. The minimum atomic E-state index is 0.206. The average Bonchev–Trinajstić information content (AvgIpc) is 2.35. The quantitative estimate of drug-likeness (QED) is 0.665. The van der Waals surface area contributed by atoms with E-state index in [0.29, 0.717) is 5.78 Å². The molecule has 0 fully saturated rings. The van der Waals surface area contributed by atoms with Gasteiger partial charge in [0, 0.05) is 12.0 Å². The number of hydrogen-bond donors (Lipinski definition) is 0. The second-order valence-electron chi connectivity index (χ2n) is 7.60. The number of carbonyl (C=O) groups excluding carboxylic acids is 1. The molecule has 2 aliphatic carbocycles. The van der Waals surface area contributed by atoms with E-state index in [0.717, 1.165) is 24.8 Å². The van der Waals surface area contributed by atoms with Gasteiger partial charge in [0.05, 0.1) is 0 Å². The van der Waals surface area contributed by atoms with Crippen LogP contribution in [0, 0.1) is 0 Å². The van der Waals surface area contributed by atoms with Crippen LogP contribution in [0.5, 0.6) is 0 Å². The lowest BCUT2D eigenvalue weighted by atomic mass is 9.62. The van der Waals surface area contributed by atoms with Gasteiger partial charge in [-0.25, -0.2) is 0 Å². The van der Waals surface area contributed by atoms with Crippen molar-refractivity contribution in [3.8, 4) is 0 Å². The first-order valence-corrected chi connectivity index (χ1v) is 7.52. The molecule has 0 aliphatic heterocycles. The van der Waals surface area contributed by atoms with Crippen molar-refractivity contribution in [3.05, 3.63) is 34.4 Å². The summed E-state index contributed by atoms with van der Waals surface area (Å²) in [5, 5.41) is 0. The Morgan fingerprint density at radius 2 is 1.47 bits per heavy atom. The van der Waals surface area contributed by atoms with Gasteiger partial charge in [-0.3, -0.25) is 4.79 Å². The summed E-state index contributed by atoms with van der Waals surface area (Å²) in [7, 11) is 0. The molecule has 0 unspecified atom stereocenters. The van der Waals surface area contributed by atoms with Gasteiger partial charge < -0.3 is 0 Å². The van der Waals surface area contributed by atoms with Gasteiger partial charge in [-0.2, -0.15) is 0 Å². The summed E-state index contributed by atoms with van der Waals surface area (Å²) in [6.45, 7) is 9.33. The van der Waals surface area contributed by atoms with Gasteiger partial charge in [0.1, 0.15) is 0 Å². The van der Waals surface area contributed by atoms with Crippen LogP contribution in [0.15, 0.2) is 12.1 Å². The zero-order chi connectivity index (χ0) is 13.8. The molecule has 1 heteroatoms. The third-order valence-corrected chi connectivity index (χ3v) is 5.23. The monoisotopic (exact) mass is 256 g/mol. The highest BCUT2D eigenvalue weighted by Crippen LogP contribution is 2.47. The molecule has 0 bridgehead atoms. The van der Waals surface area contributed by atoms with Crippen LogP contribution >= 0.6 is 0 Å². The van der Waals surface area contributed by atoms with E-state index < -0.39 is 0 Å². The van der Waals surface area contributed by atoms with E-state index in [2.05, 4.69) is 39.8 Å². The number of ketones is 1. The lowest BCUT2D eigenvalue weighted by Gasteiger charge is -2.42. The summed E-state index contributed by atoms with van der Waals surface area (Å²) in [6, 6.07) is 4.58. The summed E-state index contributed by atoms with van der Waals surface area (Å²) in [5.41, 5.74) is 5.66. The number of rotatable bonds is 0. The molecule has 0 heterocycles. The van der Waals surface area contributed by atoms with E-state index in [1.807, 2.05) is 0 Å². The maximum atomic E-state index is 12.1. The molecule has 1 aromatic rings. The van der Waals surface area contributed by atoms with Crippen LogP contribution in [0.25, 0.3) is 0 Å². The van der Waals surface area contributed by atoms with E-state index in [-0.39, 0.29) is 10.8 Å². The molecule has 3 rings (SSSR count). The van der Waals surface area contributed by atoms with Crippen LogP contribution in [0.2, 0.25) is 0 Å². The standard InChI is InChI=1S/C18H24O/c1-17(2)8-9-18(3,4)15-11-13-12(10-14(15)17)6-5-7-16(13)19/h10-11H,5-9H2,1-4H3. The number of Topliss-reactive ketones (excluding diaryl/α,β-unsaturated/α-hetero) is 1. The van der Waals surface area contributed by atoms with Crippen LogP contribution in [-0.4, -0.2) is 5.78 Å². The molecular weight excluding hydrogens is 232 g/mol. The molecule has 1 aromatic carbocycles. The molecule has 1 nitrogen and oxygen atoms in total. The zero-order valence-electron chi connectivity index (χ0n) is 12.6. The topological polar surface area (TPSA) is 17.1 Å². The van der Waals surface area contributed by atoms with Crippen LogP contribution < -0.4 is 0 Å². The maximum absolute atomic E-state index is 12.1. The van der Waals surface area contributed by atoms with E-state index in [1.165, 1.54) is 29.5 Å². The van der Waals surface area contributed by atoms with Crippen LogP contribution in [0.3, 0.4) is 0 Å². The van der Waals surface area contributed by atoms with Crippen molar-refractivity contribution in [1.29, 1.82) is 0 Å². The molecule has 0 spiro atoms. The summed E-state index contributed by atoms with van der Waals surface area (Å²) in [6.07, 6.45) is 5.27. The third-order valence-electron chi connectivity index (χ3n) is 5.23. The number of hydrogen-bond acceptors (Lipinski definition) is 1. The van der Waals surface area contributed by atoms with Crippen molar-refractivity contribution < 1.29 is 4.79 Å². The highest BCUT2D eigenvalue weighted by atomic mass is 16.1. The summed E-state index contributed by atoms with van der Waals surface area (Å²) >= 11 is 0. The molecule has 0 amide bonds. The minimum Gasteiger partial charge on any atom is -0.294 e. The van der Waals surface area contributed by atoms with Crippen LogP contribution in [-0.2, 0) is 17.3 Å². The van der Waals surface area contributed by atoms with Gasteiger partial charge >= 0.3 is 0 Å². The smallest absolute Gasteiger partial charge is 0.163 e. The molecule has 19 heavy (non-hydrogen) atoms. The average molecular weight is 256 g/mol. The highest BCUT2D eigenvalue weighted by molar-refractivity contribution is 5.98. The molecule has 0 saturated heterocycles. The number of fused-ring (bicyclic) bond motifs is 2. The third kappa shape index (κ3) is 1.94. The van der Waals surface area contributed by atoms with Gasteiger partial charge in [-0.1, -0.05) is 33.8 Å². The Labute approximate surface area is 116 Å². The van der Waals surface area contributed by atoms with Gasteiger partial charge in [0.15, 0.2) is 5.78 Å². The Hall–Kier alpha value is -1.11. The Morgan fingerprint density at radius 3 is 2.11 bits per heavy atom. The van der Waals surface area contributed by atoms with Gasteiger partial charge in [-0.15, -0.1) is 0 Å². The van der Waals surface area contributed by atoms with Crippen LogP contribution in [0.4, 0.5) is 0 Å². The molecular formula is C18H24O. The minimum absolute atomic E-state index is 0.206. The fourth-order valence-electron chi connectivity index (χ4n) is 3.70. The summed E-state index contributed by atoms with van der Waals surface area (Å²) in [5.74, 6) is 0.350.